The van der Waals surface area contributed by atoms with E-state index < -0.39 is 16.0 Å². The molecule has 0 atom stereocenters. The van der Waals surface area contributed by atoms with Gasteiger partial charge in [0.1, 0.15) is 5.52 Å². The van der Waals surface area contributed by atoms with Crippen molar-refractivity contribution in [3.05, 3.63) is 53.4 Å². The number of fused-ring (bicyclic) bond motifs is 1. The Morgan fingerprint density at radius 3 is 2.58 bits per heavy atom. The van der Waals surface area contributed by atoms with E-state index in [1.165, 1.54) is 30.3 Å². The Hall–Kier alpha value is -2.87. The van der Waals surface area contributed by atoms with Crippen LogP contribution in [0.15, 0.2) is 45.7 Å². The summed E-state index contributed by atoms with van der Waals surface area (Å²) in [7, 11) is -3.83. The van der Waals surface area contributed by atoms with Gasteiger partial charge < -0.3 is 9.52 Å². The third-order valence-corrected chi connectivity index (χ3v) is 4.87. The molecular formula is C16H14N2O5S. The fourth-order valence-electron chi connectivity index (χ4n) is 2.37. The van der Waals surface area contributed by atoms with Crippen molar-refractivity contribution in [2.75, 3.05) is 4.72 Å². The van der Waals surface area contributed by atoms with Gasteiger partial charge in [-0.15, -0.1) is 0 Å². The number of carboxylic acids is 1. The third kappa shape index (κ3) is 2.95. The smallest absolute Gasteiger partial charge is 0.335 e. The number of aryl methyl sites for hydroxylation is 2. The molecule has 8 heteroatoms. The van der Waals surface area contributed by atoms with Gasteiger partial charge in [0, 0.05) is 18.7 Å². The topological polar surface area (TPSA) is 110 Å². The van der Waals surface area contributed by atoms with Gasteiger partial charge in [-0.2, -0.15) is 0 Å². The van der Waals surface area contributed by atoms with Crippen LogP contribution in [0.4, 0.5) is 5.69 Å². The quantitative estimate of drug-likeness (QED) is 0.751. The second-order valence-electron chi connectivity index (χ2n) is 5.30. The number of benzene rings is 2. The van der Waals surface area contributed by atoms with Crippen LogP contribution in [0, 0.1) is 13.8 Å². The minimum atomic E-state index is -3.83. The first kappa shape index (κ1) is 16.0. The number of carboxylic acid groups (broad SMARTS) is 1. The zero-order valence-corrected chi connectivity index (χ0v) is 13.7. The highest BCUT2D eigenvalue weighted by Crippen LogP contribution is 2.23. The highest BCUT2D eigenvalue weighted by atomic mass is 32.2. The van der Waals surface area contributed by atoms with E-state index in [0.717, 1.165) is 0 Å². The zero-order chi connectivity index (χ0) is 17.5. The van der Waals surface area contributed by atoms with Crippen molar-refractivity contribution in [2.24, 2.45) is 0 Å². The van der Waals surface area contributed by atoms with Crippen LogP contribution < -0.4 is 4.72 Å². The first-order chi connectivity index (χ1) is 11.3. The summed E-state index contributed by atoms with van der Waals surface area (Å²) in [6.45, 7) is 3.28. The summed E-state index contributed by atoms with van der Waals surface area (Å²) in [6, 6.07) is 8.64. The van der Waals surface area contributed by atoms with Crippen LogP contribution in [-0.2, 0) is 10.0 Å². The molecule has 3 aromatic rings. The Labute approximate surface area is 138 Å². The number of carbonyl (C=O) groups is 1. The molecule has 0 saturated heterocycles. The maximum absolute atomic E-state index is 12.5. The molecule has 0 saturated carbocycles. The van der Waals surface area contributed by atoms with Gasteiger partial charge in [0.25, 0.3) is 10.0 Å². The summed E-state index contributed by atoms with van der Waals surface area (Å²) in [6.07, 6.45) is 0. The van der Waals surface area contributed by atoms with Crippen molar-refractivity contribution in [3.8, 4) is 0 Å². The molecule has 3 rings (SSSR count). The number of nitrogens with zero attached hydrogens (tertiary/aromatic N) is 1. The zero-order valence-electron chi connectivity index (χ0n) is 12.9. The molecule has 0 amide bonds. The second kappa shape index (κ2) is 5.64. The lowest BCUT2D eigenvalue weighted by atomic mass is 10.1. The van der Waals surface area contributed by atoms with E-state index in [1.807, 2.05) is 0 Å². The highest BCUT2D eigenvalue weighted by Gasteiger charge is 2.17. The molecule has 7 nitrogen and oxygen atoms in total. The van der Waals surface area contributed by atoms with E-state index in [-0.39, 0.29) is 16.1 Å². The Kier molecular flexibility index (Phi) is 3.76. The lowest BCUT2D eigenvalue weighted by molar-refractivity contribution is 0.0696. The summed E-state index contributed by atoms with van der Waals surface area (Å²) < 4.78 is 32.8. The monoisotopic (exact) mass is 346 g/mol. The first-order valence-corrected chi connectivity index (χ1v) is 8.48. The minimum Gasteiger partial charge on any atom is -0.478 e. The summed E-state index contributed by atoms with van der Waals surface area (Å²) in [5.74, 6) is -0.611. The molecule has 0 aliphatic rings. The van der Waals surface area contributed by atoms with Crippen molar-refractivity contribution in [3.63, 3.8) is 0 Å². The lowest BCUT2D eigenvalue weighted by Crippen LogP contribution is -2.13. The van der Waals surface area contributed by atoms with Gasteiger partial charge in [0.15, 0.2) is 11.5 Å². The van der Waals surface area contributed by atoms with E-state index in [4.69, 9.17) is 9.52 Å². The van der Waals surface area contributed by atoms with E-state index in [9.17, 15) is 13.2 Å². The molecule has 0 fully saturated rings. The largest absolute Gasteiger partial charge is 0.478 e. The first-order valence-electron chi connectivity index (χ1n) is 7.00. The van der Waals surface area contributed by atoms with E-state index in [0.29, 0.717) is 22.6 Å². The van der Waals surface area contributed by atoms with Crippen LogP contribution in [0.3, 0.4) is 0 Å². The average Bonchev–Trinajstić information content (AvgIpc) is 2.85. The molecular weight excluding hydrogens is 332 g/mol. The number of anilines is 1. The van der Waals surface area contributed by atoms with Gasteiger partial charge in [0.05, 0.1) is 10.5 Å². The number of aromatic nitrogens is 1. The fraction of sp³-hybridized carbons (Fsp3) is 0.125. The molecule has 2 aromatic carbocycles. The Morgan fingerprint density at radius 2 is 1.92 bits per heavy atom. The third-order valence-electron chi connectivity index (χ3n) is 3.49. The maximum atomic E-state index is 12.5. The molecule has 0 spiro atoms. The van der Waals surface area contributed by atoms with Crippen LogP contribution in [0.2, 0.25) is 0 Å². The molecule has 0 aliphatic carbocycles. The number of nitrogens with one attached hydrogen (secondary N) is 1. The standard InChI is InChI=1S/C16H14N2O5S/c1-9-7-11(3-5-13(9)16(19)20)18-24(21,22)12-4-6-14-15(8-12)23-10(2)17-14/h3-8,18H,1-2H3,(H,19,20). The molecule has 0 aliphatic heterocycles. The Morgan fingerprint density at radius 1 is 1.17 bits per heavy atom. The van der Waals surface area contributed by atoms with Crippen LogP contribution in [0.25, 0.3) is 11.1 Å². The summed E-state index contributed by atoms with van der Waals surface area (Å²) in [4.78, 5) is 15.2. The maximum Gasteiger partial charge on any atom is 0.335 e. The number of aromatic carboxylic acids is 1. The molecule has 0 radical (unpaired) electrons. The molecule has 1 aromatic heterocycles. The van der Waals surface area contributed by atoms with Gasteiger partial charge in [-0.25, -0.2) is 18.2 Å². The molecule has 124 valence electrons. The van der Waals surface area contributed by atoms with Crippen molar-refractivity contribution in [2.45, 2.75) is 18.7 Å². The predicted octanol–water partition coefficient (Wildman–Crippen LogP) is 2.94. The average molecular weight is 346 g/mol. The molecule has 1 heterocycles. The number of sulfonamides is 1. The van der Waals surface area contributed by atoms with Crippen LogP contribution in [0.1, 0.15) is 21.8 Å². The van der Waals surface area contributed by atoms with Crippen LogP contribution >= 0.6 is 0 Å². The SMILES string of the molecule is Cc1nc2ccc(S(=O)(=O)Nc3ccc(C(=O)O)c(C)c3)cc2o1. The summed E-state index contributed by atoms with van der Waals surface area (Å²) in [5.41, 5.74) is 1.83. The van der Waals surface area contributed by atoms with Crippen molar-refractivity contribution >= 4 is 32.8 Å². The fourth-order valence-corrected chi connectivity index (χ4v) is 3.43. The summed E-state index contributed by atoms with van der Waals surface area (Å²) >= 11 is 0. The number of hydrogen-bond acceptors (Lipinski definition) is 5. The number of rotatable bonds is 4. The normalized spacial score (nSPS) is 11.6. The van der Waals surface area contributed by atoms with Crippen molar-refractivity contribution < 1.29 is 22.7 Å². The predicted molar refractivity (Wildman–Crippen MR) is 87.7 cm³/mol. The highest BCUT2D eigenvalue weighted by molar-refractivity contribution is 7.92. The van der Waals surface area contributed by atoms with E-state index in [1.54, 1.807) is 19.9 Å². The van der Waals surface area contributed by atoms with Gasteiger partial charge >= 0.3 is 5.97 Å². The van der Waals surface area contributed by atoms with Gasteiger partial charge in [-0.1, -0.05) is 0 Å². The van der Waals surface area contributed by atoms with Crippen molar-refractivity contribution in [1.82, 2.24) is 4.98 Å². The van der Waals surface area contributed by atoms with Gasteiger partial charge in [0.2, 0.25) is 0 Å². The van der Waals surface area contributed by atoms with Gasteiger partial charge in [-0.05, 0) is 42.8 Å². The van der Waals surface area contributed by atoms with Crippen molar-refractivity contribution in [1.29, 1.82) is 0 Å². The van der Waals surface area contributed by atoms with Crippen LogP contribution in [-0.4, -0.2) is 24.5 Å². The summed E-state index contributed by atoms with van der Waals surface area (Å²) in [5, 5.41) is 9.01. The molecule has 24 heavy (non-hydrogen) atoms. The minimum absolute atomic E-state index is 0.0334. The Balaban J connectivity index is 1.95. The molecule has 0 unspecified atom stereocenters. The van der Waals surface area contributed by atoms with E-state index >= 15 is 0 Å². The Bertz CT molecular complexity index is 1050. The van der Waals surface area contributed by atoms with Crippen LogP contribution in [0.5, 0.6) is 0 Å². The second-order valence-corrected chi connectivity index (χ2v) is 6.99. The molecule has 0 bridgehead atoms. The number of hydrogen-bond donors (Lipinski definition) is 2. The number of oxazole rings is 1. The van der Waals surface area contributed by atoms with Gasteiger partial charge in [-0.3, -0.25) is 4.72 Å². The lowest BCUT2D eigenvalue weighted by Gasteiger charge is -2.09. The molecule has 2 N–H and O–H groups in total. The van der Waals surface area contributed by atoms with E-state index in [2.05, 4.69) is 9.71 Å².